The highest BCUT2D eigenvalue weighted by atomic mass is 14.6. The first-order chi connectivity index (χ1) is 10.1. The molecule has 2 heteroatoms. The molecule has 0 aliphatic carbocycles. The number of pyridine rings is 1. The fraction of sp³-hybridized carbons (Fsp3) is 0.211. The smallest absolute Gasteiger partial charge is 0.0346 e. The molecular formula is C19H20N2. The summed E-state index contributed by atoms with van der Waals surface area (Å²) >= 11 is 0. The average Bonchev–Trinajstić information content (AvgIpc) is 2.50. The van der Waals surface area contributed by atoms with E-state index in [0.29, 0.717) is 0 Å². The van der Waals surface area contributed by atoms with Crippen molar-refractivity contribution in [3.63, 3.8) is 0 Å². The molecule has 0 spiro atoms. The van der Waals surface area contributed by atoms with Crippen LogP contribution in [0, 0.1) is 13.8 Å². The Balaban J connectivity index is 1.97. The maximum absolute atomic E-state index is 6.49. The summed E-state index contributed by atoms with van der Waals surface area (Å²) in [5.41, 5.74) is 11.6. The van der Waals surface area contributed by atoms with Gasteiger partial charge >= 0.3 is 0 Å². The molecule has 2 N–H and O–H groups in total. The molecule has 0 amide bonds. The van der Waals surface area contributed by atoms with Crippen LogP contribution < -0.4 is 5.73 Å². The Morgan fingerprint density at radius 3 is 2.81 bits per heavy atom. The molecule has 0 fully saturated rings. The van der Waals surface area contributed by atoms with Gasteiger partial charge < -0.3 is 5.73 Å². The van der Waals surface area contributed by atoms with Gasteiger partial charge in [0.1, 0.15) is 0 Å². The number of benzene rings is 2. The second-order valence-corrected chi connectivity index (χ2v) is 5.68. The SMILES string of the molecule is Cc1ccc(C)c(CC(N)c2cccc3cnccc23)c1. The maximum Gasteiger partial charge on any atom is 0.0346 e. The third-order valence-electron chi connectivity index (χ3n) is 4.06. The molecule has 106 valence electrons. The van der Waals surface area contributed by atoms with Gasteiger partial charge in [-0.1, -0.05) is 42.0 Å². The van der Waals surface area contributed by atoms with Crippen molar-refractivity contribution in [1.29, 1.82) is 0 Å². The van der Waals surface area contributed by atoms with Gasteiger partial charge in [0, 0.05) is 23.8 Å². The van der Waals surface area contributed by atoms with Crippen molar-refractivity contribution >= 4 is 10.8 Å². The largest absolute Gasteiger partial charge is 0.324 e. The summed E-state index contributed by atoms with van der Waals surface area (Å²) in [6.45, 7) is 4.27. The molecule has 2 aromatic carbocycles. The zero-order valence-electron chi connectivity index (χ0n) is 12.5. The number of aryl methyl sites for hydroxylation is 2. The normalized spacial score (nSPS) is 12.5. The lowest BCUT2D eigenvalue weighted by molar-refractivity contribution is 0.724. The summed E-state index contributed by atoms with van der Waals surface area (Å²) in [5, 5.41) is 2.34. The summed E-state index contributed by atoms with van der Waals surface area (Å²) in [4.78, 5) is 4.18. The van der Waals surface area contributed by atoms with Crippen molar-refractivity contribution in [2.45, 2.75) is 26.3 Å². The number of nitrogens with zero attached hydrogens (tertiary/aromatic N) is 1. The Labute approximate surface area is 125 Å². The lowest BCUT2D eigenvalue weighted by Crippen LogP contribution is -2.14. The summed E-state index contributed by atoms with van der Waals surface area (Å²) in [7, 11) is 0. The Bertz CT molecular complexity index is 772. The topological polar surface area (TPSA) is 38.9 Å². The van der Waals surface area contributed by atoms with E-state index in [2.05, 4.69) is 55.2 Å². The lowest BCUT2D eigenvalue weighted by Gasteiger charge is -2.16. The standard InChI is InChI=1S/C19H20N2/c1-13-6-7-14(2)16(10-13)11-19(20)18-5-3-4-15-12-21-9-8-17(15)18/h3-10,12,19H,11,20H2,1-2H3. The quantitative estimate of drug-likeness (QED) is 0.782. The minimum Gasteiger partial charge on any atom is -0.324 e. The van der Waals surface area contributed by atoms with E-state index in [1.54, 1.807) is 0 Å². The van der Waals surface area contributed by atoms with Crippen LogP contribution >= 0.6 is 0 Å². The third-order valence-corrected chi connectivity index (χ3v) is 4.06. The number of nitrogens with two attached hydrogens (primary N) is 1. The summed E-state index contributed by atoms with van der Waals surface area (Å²) < 4.78 is 0. The average molecular weight is 276 g/mol. The van der Waals surface area contributed by atoms with Crippen LogP contribution in [-0.4, -0.2) is 4.98 Å². The van der Waals surface area contributed by atoms with Crippen molar-refractivity contribution < 1.29 is 0 Å². The summed E-state index contributed by atoms with van der Waals surface area (Å²) in [6.07, 6.45) is 4.58. The zero-order chi connectivity index (χ0) is 14.8. The third kappa shape index (κ3) is 2.81. The molecule has 0 bridgehead atoms. The molecule has 21 heavy (non-hydrogen) atoms. The molecule has 1 heterocycles. The summed E-state index contributed by atoms with van der Waals surface area (Å²) in [5.74, 6) is 0. The Morgan fingerprint density at radius 1 is 1.10 bits per heavy atom. The second-order valence-electron chi connectivity index (χ2n) is 5.68. The van der Waals surface area contributed by atoms with Crippen LogP contribution in [0.3, 0.4) is 0 Å². The first kappa shape index (κ1) is 13.8. The molecule has 3 rings (SSSR count). The molecular weight excluding hydrogens is 256 g/mol. The Morgan fingerprint density at radius 2 is 1.95 bits per heavy atom. The molecule has 3 aromatic rings. The van der Waals surface area contributed by atoms with Gasteiger partial charge in [-0.05, 0) is 48.4 Å². The van der Waals surface area contributed by atoms with E-state index in [1.807, 2.05) is 18.5 Å². The van der Waals surface area contributed by atoms with Gasteiger partial charge in [0.25, 0.3) is 0 Å². The lowest BCUT2D eigenvalue weighted by atomic mass is 9.93. The van der Waals surface area contributed by atoms with Crippen molar-refractivity contribution in [2.24, 2.45) is 5.73 Å². The van der Waals surface area contributed by atoms with Crippen LogP contribution in [0.25, 0.3) is 10.8 Å². The van der Waals surface area contributed by atoms with Gasteiger partial charge in [0.15, 0.2) is 0 Å². The fourth-order valence-corrected chi connectivity index (χ4v) is 2.84. The van der Waals surface area contributed by atoms with Crippen molar-refractivity contribution in [1.82, 2.24) is 4.98 Å². The van der Waals surface area contributed by atoms with Crippen LogP contribution in [0.15, 0.2) is 54.9 Å². The molecule has 2 nitrogen and oxygen atoms in total. The first-order valence-corrected chi connectivity index (χ1v) is 7.29. The first-order valence-electron chi connectivity index (χ1n) is 7.29. The van der Waals surface area contributed by atoms with Crippen LogP contribution in [0.5, 0.6) is 0 Å². The van der Waals surface area contributed by atoms with E-state index in [4.69, 9.17) is 5.73 Å². The number of aromatic nitrogens is 1. The van der Waals surface area contributed by atoms with Crippen LogP contribution in [0.4, 0.5) is 0 Å². The predicted molar refractivity (Wildman–Crippen MR) is 88.3 cm³/mol. The van der Waals surface area contributed by atoms with Crippen LogP contribution in [-0.2, 0) is 6.42 Å². The number of rotatable bonds is 3. The molecule has 0 aliphatic heterocycles. The Kier molecular flexibility index (Phi) is 3.72. The highest BCUT2D eigenvalue weighted by Crippen LogP contribution is 2.25. The maximum atomic E-state index is 6.49. The minimum absolute atomic E-state index is 0.00315. The van der Waals surface area contributed by atoms with Gasteiger partial charge in [-0.15, -0.1) is 0 Å². The van der Waals surface area contributed by atoms with Crippen molar-refractivity contribution in [2.75, 3.05) is 0 Å². The molecule has 0 saturated heterocycles. The molecule has 0 radical (unpaired) electrons. The number of hydrogen-bond acceptors (Lipinski definition) is 2. The van der Waals surface area contributed by atoms with Gasteiger partial charge in [-0.2, -0.15) is 0 Å². The van der Waals surface area contributed by atoms with E-state index < -0.39 is 0 Å². The van der Waals surface area contributed by atoms with E-state index in [1.165, 1.54) is 27.6 Å². The second kappa shape index (κ2) is 5.66. The van der Waals surface area contributed by atoms with Crippen LogP contribution in [0.2, 0.25) is 0 Å². The number of hydrogen-bond donors (Lipinski definition) is 1. The Hall–Kier alpha value is -2.19. The minimum atomic E-state index is -0.00315. The highest BCUT2D eigenvalue weighted by Gasteiger charge is 2.12. The van der Waals surface area contributed by atoms with Gasteiger partial charge in [-0.25, -0.2) is 0 Å². The summed E-state index contributed by atoms with van der Waals surface area (Å²) in [6, 6.07) is 14.9. The van der Waals surface area contributed by atoms with Gasteiger partial charge in [-0.3, -0.25) is 4.98 Å². The molecule has 0 aliphatic rings. The van der Waals surface area contributed by atoms with Gasteiger partial charge in [0.05, 0.1) is 0 Å². The van der Waals surface area contributed by atoms with Gasteiger partial charge in [0.2, 0.25) is 0 Å². The van der Waals surface area contributed by atoms with E-state index in [0.717, 1.165) is 11.8 Å². The van der Waals surface area contributed by atoms with E-state index >= 15 is 0 Å². The van der Waals surface area contributed by atoms with Crippen LogP contribution in [0.1, 0.15) is 28.3 Å². The molecule has 1 unspecified atom stereocenters. The van der Waals surface area contributed by atoms with E-state index in [-0.39, 0.29) is 6.04 Å². The van der Waals surface area contributed by atoms with Crippen molar-refractivity contribution in [3.05, 3.63) is 77.1 Å². The predicted octanol–water partition coefficient (Wildman–Crippen LogP) is 4.09. The number of fused-ring (bicyclic) bond motifs is 1. The molecule has 1 aromatic heterocycles. The highest BCUT2D eigenvalue weighted by molar-refractivity contribution is 5.85. The van der Waals surface area contributed by atoms with Crippen molar-refractivity contribution in [3.8, 4) is 0 Å². The molecule has 1 atom stereocenters. The molecule has 0 saturated carbocycles. The monoisotopic (exact) mass is 276 g/mol. The fourth-order valence-electron chi connectivity index (χ4n) is 2.84. The zero-order valence-corrected chi connectivity index (χ0v) is 12.5. The van der Waals surface area contributed by atoms with E-state index in [9.17, 15) is 0 Å².